The Balaban J connectivity index is 1.40. The van der Waals surface area contributed by atoms with Crippen molar-refractivity contribution in [2.24, 2.45) is 0 Å². The number of ether oxygens (including phenoxy) is 1. The van der Waals surface area contributed by atoms with E-state index in [1.165, 1.54) is 24.8 Å². The third kappa shape index (κ3) is 5.59. The normalized spacial score (nSPS) is 14.6. The van der Waals surface area contributed by atoms with Crippen LogP contribution < -0.4 is 10.3 Å². The van der Waals surface area contributed by atoms with Crippen LogP contribution in [0.1, 0.15) is 55.1 Å². The quantitative estimate of drug-likeness (QED) is 0.391. The van der Waals surface area contributed by atoms with Crippen molar-refractivity contribution in [2.75, 3.05) is 13.7 Å². The van der Waals surface area contributed by atoms with E-state index in [0.29, 0.717) is 19.1 Å². The molecule has 2 aromatic carbocycles. The van der Waals surface area contributed by atoms with Gasteiger partial charge in [-0.15, -0.1) is 5.10 Å². The van der Waals surface area contributed by atoms with Gasteiger partial charge in [-0.05, 0) is 58.8 Å². The summed E-state index contributed by atoms with van der Waals surface area (Å²) in [6, 6.07) is 18.5. The first kappa shape index (κ1) is 23.2. The lowest BCUT2D eigenvalue weighted by Crippen LogP contribution is -2.30. The van der Waals surface area contributed by atoms with Gasteiger partial charge in [0.05, 0.1) is 25.2 Å². The summed E-state index contributed by atoms with van der Waals surface area (Å²) in [6.07, 6.45) is 6.85. The summed E-state index contributed by atoms with van der Waals surface area (Å²) in [5, 5.41) is 13.7. The van der Waals surface area contributed by atoms with E-state index in [-0.39, 0.29) is 5.56 Å². The number of nitrogens with one attached hydrogen (secondary N) is 1. The predicted molar refractivity (Wildman–Crippen MR) is 135 cm³/mol. The molecule has 8 heteroatoms. The Hall–Kier alpha value is -3.52. The molecule has 35 heavy (non-hydrogen) atoms. The molecule has 2 aromatic heterocycles. The number of pyridine rings is 1. The van der Waals surface area contributed by atoms with Crippen molar-refractivity contribution in [3.8, 4) is 5.75 Å². The lowest BCUT2D eigenvalue weighted by molar-refractivity contribution is 0.235. The summed E-state index contributed by atoms with van der Waals surface area (Å²) < 4.78 is 7.32. The van der Waals surface area contributed by atoms with Crippen LogP contribution in [0.15, 0.2) is 59.4 Å². The van der Waals surface area contributed by atoms with E-state index < -0.39 is 0 Å². The van der Waals surface area contributed by atoms with Gasteiger partial charge in [-0.3, -0.25) is 9.69 Å². The standard InChI is InChI=1S/C27H32N6O2/c1-35-24-13-12-21-16-22(27(34)28-25(21)17-24)18-32(15-14-20-8-4-2-5-9-20)19-26-29-30-31-33(26)23-10-6-3-7-11-23/h2,4-5,8-9,12-13,16-17,23H,3,6-7,10-11,14-15,18-19H2,1H3,(H,28,34). The number of methoxy groups -OCH3 is 1. The molecule has 182 valence electrons. The van der Waals surface area contributed by atoms with E-state index in [9.17, 15) is 4.79 Å². The lowest BCUT2D eigenvalue weighted by atomic mass is 9.95. The molecule has 1 saturated carbocycles. The van der Waals surface area contributed by atoms with E-state index in [1.807, 2.05) is 35.0 Å². The second kappa shape index (κ2) is 10.8. The number of nitrogens with zero attached hydrogens (tertiary/aromatic N) is 5. The predicted octanol–water partition coefficient (Wildman–Crippen LogP) is 4.27. The second-order valence-corrected chi connectivity index (χ2v) is 9.35. The maximum atomic E-state index is 13.0. The minimum atomic E-state index is -0.0812. The second-order valence-electron chi connectivity index (χ2n) is 9.35. The van der Waals surface area contributed by atoms with Gasteiger partial charge in [-0.2, -0.15) is 0 Å². The van der Waals surface area contributed by atoms with Crippen LogP contribution in [0.4, 0.5) is 0 Å². The van der Waals surface area contributed by atoms with Crippen LogP contribution >= 0.6 is 0 Å². The molecule has 1 fully saturated rings. The summed E-state index contributed by atoms with van der Waals surface area (Å²) in [5.41, 5.74) is 2.69. The number of fused-ring (bicyclic) bond motifs is 1. The highest BCUT2D eigenvalue weighted by Crippen LogP contribution is 2.28. The molecular formula is C27H32N6O2. The van der Waals surface area contributed by atoms with Gasteiger partial charge in [-0.1, -0.05) is 49.6 Å². The number of aromatic nitrogens is 5. The van der Waals surface area contributed by atoms with Crippen LogP contribution in [0, 0.1) is 0 Å². The lowest BCUT2D eigenvalue weighted by Gasteiger charge is -2.25. The highest BCUT2D eigenvalue weighted by atomic mass is 16.5. The van der Waals surface area contributed by atoms with Gasteiger partial charge in [0.1, 0.15) is 5.75 Å². The number of aromatic amines is 1. The number of hydrogen-bond donors (Lipinski definition) is 1. The molecule has 5 rings (SSSR count). The van der Waals surface area contributed by atoms with Gasteiger partial charge in [-0.25, -0.2) is 4.68 Å². The van der Waals surface area contributed by atoms with E-state index in [4.69, 9.17) is 4.74 Å². The largest absolute Gasteiger partial charge is 0.497 e. The summed E-state index contributed by atoms with van der Waals surface area (Å²) in [4.78, 5) is 18.3. The molecule has 2 heterocycles. The molecule has 0 radical (unpaired) electrons. The third-order valence-electron chi connectivity index (χ3n) is 6.93. The Morgan fingerprint density at radius 2 is 1.89 bits per heavy atom. The van der Waals surface area contributed by atoms with Crippen molar-refractivity contribution in [3.05, 3.63) is 81.9 Å². The van der Waals surface area contributed by atoms with E-state index in [1.54, 1.807) is 7.11 Å². The summed E-state index contributed by atoms with van der Waals surface area (Å²) in [5.74, 6) is 1.59. The minimum Gasteiger partial charge on any atom is -0.497 e. The van der Waals surface area contributed by atoms with Crippen LogP contribution in [0.3, 0.4) is 0 Å². The zero-order chi connectivity index (χ0) is 24.0. The third-order valence-corrected chi connectivity index (χ3v) is 6.93. The van der Waals surface area contributed by atoms with Crippen molar-refractivity contribution in [1.29, 1.82) is 0 Å². The minimum absolute atomic E-state index is 0.0812. The Labute approximate surface area is 204 Å². The fourth-order valence-electron chi connectivity index (χ4n) is 4.98. The van der Waals surface area contributed by atoms with Crippen LogP contribution in [0.2, 0.25) is 0 Å². The first-order valence-corrected chi connectivity index (χ1v) is 12.4. The van der Waals surface area contributed by atoms with Gasteiger partial charge < -0.3 is 9.72 Å². The molecule has 0 atom stereocenters. The molecule has 0 bridgehead atoms. The number of benzene rings is 2. The first-order valence-electron chi connectivity index (χ1n) is 12.4. The van der Waals surface area contributed by atoms with Crippen LogP contribution in [-0.4, -0.2) is 43.7 Å². The summed E-state index contributed by atoms with van der Waals surface area (Å²) in [7, 11) is 1.62. The number of H-pyrrole nitrogens is 1. The van der Waals surface area contributed by atoms with Crippen molar-refractivity contribution in [3.63, 3.8) is 0 Å². The van der Waals surface area contributed by atoms with E-state index in [2.05, 4.69) is 49.7 Å². The van der Waals surface area contributed by atoms with E-state index in [0.717, 1.165) is 53.8 Å². The van der Waals surface area contributed by atoms with Gasteiger partial charge >= 0.3 is 0 Å². The van der Waals surface area contributed by atoms with Crippen molar-refractivity contribution in [2.45, 2.75) is 57.7 Å². The topological polar surface area (TPSA) is 88.9 Å². The van der Waals surface area contributed by atoms with Gasteiger partial charge in [0.2, 0.25) is 0 Å². The molecule has 0 spiro atoms. The Morgan fingerprint density at radius 3 is 2.69 bits per heavy atom. The summed E-state index contributed by atoms with van der Waals surface area (Å²) >= 11 is 0. The summed E-state index contributed by atoms with van der Waals surface area (Å²) in [6.45, 7) is 1.90. The van der Waals surface area contributed by atoms with E-state index >= 15 is 0 Å². The van der Waals surface area contributed by atoms with Gasteiger partial charge in [0.15, 0.2) is 5.82 Å². The number of rotatable bonds is 9. The van der Waals surface area contributed by atoms with Crippen molar-refractivity contribution >= 4 is 10.9 Å². The molecule has 1 aliphatic rings. The molecule has 0 saturated heterocycles. The van der Waals surface area contributed by atoms with Crippen LogP contribution in [-0.2, 0) is 19.5 Å². The first-order chi connectivity index (χ1) is 17.2. The molecule has 1 N–H and O–H groups in total. The number of tetrazole rings is 1. The highest BCUT2D eigenvalue weighted by molar-refractivity contribution is 5.80. The maximum absolute atomic E-state index is 13.0. The number of hydrogen-bond acceptors (Lipinski definition) is 6. The SMILES string of the molecule is COc1ccc2cc(CN(CCc3ccccc3)Cc3nnnn3C3CCCCC3)c(=O)[nH]c2c1. The van der Waals surface area contributed by atoms with Gasteiger partial charge in [0.25, 0.3) is 5.56 Å². The Morgan fingerprint density at radius 1 is 1.06 bits per heavy atom. The molecule has 1 aliphatic carbocycles. The average Bonchev–Trinajstić information content (AvgIpc) is 3.36. The highest BCUT2D eigenvalue weighted by Gasteiger charge is 2.22. The molecule has 0 aliphatic heterocycles. The molecule has 0 unspecified atom stereocenters. The average molecular weight is 473 g/mol. The van der Waals surface area contributed by atoms with Crippen LogP contribution in [0.5, 0.6) is 5.75 Å². The van der Waals surface area contributed by atoms with Crippen LogP contribution in [0.25, 0.3) is 10.9 Å². The maximum Gasteiger partial charge on any atom is 0.252 e. The Bertz CT molecular complexity index is 1310. The molecule has 0 amide bonds. The smallest absolute Gasteiger partial charge is 0.252 e. The zero-order valence-electron chi connectivity index (χ0n) is 20.2. The molecule has 4 aromatic rings. The molecule has 8 nitrogen and oxygen atoms in total. The monoisotopic (exact) mass is 472 g/mol. The van der Waals surface area contributed by atoms with Crippen molar-refractivity contribution in [1.82, 2.24) is 30.1 Å². The zero-order valence-corrected chi connectivity index (χ0v) is 20.2. The van der Waals surface area contributed by atoms with Gasteiger partial charge in [0, 0.05) is 24.7 Å². The Kier molecular flexibility index (Phi) is 7.18. The fraction of sp³-hybridized carbons (Fsp3) is 0.407. The molecular weight excluding hydrogens is 440 g/mol. The van der Waals surface area contributed by atoms with Crippen molar-refractivity contribution < 1.29 is 4.74 Å². The fourth-order valence-corrected chi connectivity index (χ4v) is 4.98.